The molecule has 0 amide bonds. The van der Waals surface area contributed by atoms with Crippen molar-refractivity contribution in [3.05, 3.63) is 47.5 Å². The summed E-state index contributed by atoms with van der Waals surface area (Å²) in [5.74, 6) is 1.69. The summed E-state index contributed by atoms with van der Waals surface area (Å²) < 4.78 is 2.31. The van der Waals surface area contributed by atoms with Gasteiger partial charge in [0.05, 0.1) is 6.61 Å². The van der Waals surface area contributed by atoms with Gasteiger partial charge in [-0.15, -0.1) is 10.2 Å². The number of aliphatic hydroxyl groups excluding tert-OH is 1. The Balaban J connectivity index is 1.43. The molecule has 1 unspecified atom stereocenters. The van der Waals surface area contributed by atoms with Gasteiger partial charge < -0.3 is 9.67 Å². The molecule has 1 saturated carbocycles. The van der Waals surface area contributed by atoms with E-state index in [9.17, 15) is 0 Å². The molecule has 1 aliphatic heterocycles. The van der Waals surface area contributed by atoms with Gasteiger partial charge in [-0.2, -0.15) is 0 Å². The minimum Gasteiger partial charge on any atom is -0.392 e. The summed E-state index contributed by atoms with van der Waals surface area (Å²) in [6, 6.07) is 8.94. The van der Waals surface area contributed by atoms with E-state index in [0.29, 0.717) is 12.0 Å². The van der Waals surface area contributed by atoms with E-state index in [-0.39, 0.29) is 6.61 Å². The molecule has 2 fully saturated rings. The second kappa shape index (κ2) is 6.42. The topological polar surface area (TPSA) is 54.2 Å². The molecule has 0 spiro atoms. The summed E-state index contributed by atoms with van der Waals surface area (Å²) in [5, 5.41) is 17.7. The minimum atomic E-state index is 0.114. The first-order valence-electron chi connectivity index (χ1n) is 8.64. The molecule has 122 valence electrons. The van der Waals surface area contributed by atoms with Gasteiger partial charge in [0.15, 0.2) is 0 Å². The van der Waals surface area contributed by atoms with E-state index >= 15 is 0 Å². The van der Waals surface area contributed by atoms with Crippen LogP contribution in [0.5, 0.6) is 0 Å². The van der Waals surface area contributed by atoms with Gasteiger partial charge in [0.1, 0.15) is 12.2 Å². The molecular formula is C18H24N4O. The standard InChI is InChI=1S/C18H24N4O/c23-12-15-5-3-14(4-6-15)10-21-9-1-2-16(11-21)18-20-19-13-22(18)17-7-8-17/h3-6,13,16-17,23H,1-2,7-12H2. The molecule has 1 aliphatic carbocycles. The van der Waals surface area contributed by atoms with Gasteiger partial charge in [0, 0.05) is 25.0 Å². The van der Waals surface area contributed by atoms with Gasteiger partial charge in [-0.05, 0) is 43.4 Å². The Kier molecular flexibility index (Phi) is 4.14. The summed E-state index contributed by atoms with van der Waals surface area (Å²) in [4.78, 5) is 2.52. The Hall–Kier alpha value is -1.72. The van der Waals surface area contributed by atoms with Gasteiger partial charge in [-0.3, -0.25) is 4.90 Å². The van der Waals surface area contributed by atoms with Crippen LogP contribution in [0.3, 0.4) is 0 Å². The van der Waals surface area contributed by atoms with Gasteiger partial charge in [-0.1, -0.05) is 24.3 Å². The highest BCUT2D eigenvalue weighted by atomic mass is 16.3. The number of aliphatic hydroxyl groups is 1. The second-order valence-corrected chi connectivity index (χ2v) is 6.88. The fourth-order valence-electron chi connectivity index (χ4n) is 3.60. The smallest absolute Gasteiger partial charge is 0.137 e. The van der Waals surface area contributed by atoms with Crippen LogP contribution in [0.2, 0.25) is 0 Å². The van der Waals surface area contributed by atoms with E-state index in [1.165, 1.54) is 37.1 Å². The van der Waals surface area contributed by atoms with Crippen LogP contribution in [0.1, 0.15) is 54.6 Å². The van der Waals surface area contributed by atoms with Crippen molar-refractivity contribution in [1.29, 1.82) is 0 Å². The number of likely N-dealkylation sites (tertiary alicyclic amines) is 1. The van der Waals surface area contributed by atoms with Crippen molar-refractivity contribution < 1.29 is 5.11 Å². The fourth-order valence-corrected chi connectivity index (χ4v) is 3.60. The van der Waals surface area contributed by atoms with Crippen molar-refractivity contribution in [2.75, 3.05) is 13.1 Å². The molecule has 1 atom stereocenters. The number of rotatable bonds is 5. The SMILES string of the molecule is OCc1ccc(CN2CCCC(c3nncn3C3CC3)C2)cc1. The predicted octanol–water partition coefficient (Wildman–Crippen LogP) is 2.48. The van der Waals surface area contributed by atoms with E-state index in [2.05, 4.69) is 31.8 Å². The molecule has 2 aliphatic rings. The number of aromatic nitrogens is 3. The molecule has 1 aromatic heterocycles. The summed E-state index contributed by atoms with van der Waals surface area (Å²) in [6.45, 7) is 3.30. The quantitative estimate of drug-likeness (QED) is 0.921. The molecule has 23 heavy (non-hydrogen) atoms. The highest BCUT2D eigenvalue weighted by molar-refractivity contribution is 5.22. The summed E-state index contributed by atoms with van der Waals surface area (Å²) in [6.07, 6.45) is 6.90. The molecule has 1 saturated heterocycles. The van der Waals surface area contributed by atoms with Crippen LogP contribution in [-0.4, -0.2) is 37.9 Å². The monoisotopic (exact) mass is 312 g/mol. The van der Waals surface area contributed by atoms with Crippen molar-refractivity contribution in [1.82, 2.24) is 19.7 Å². The zero-order chi connectivity index (χ0) is 15.6. The van der Waals surface area contributed by atoms with Crippen LogP contribution in [0.4, 0.5) is 0 Å². The average Bonchev–Trinajstić information content (AvgIpc) is 3.32. The molecule has 5 nitrogen and oxygen atoms in total. The van der Waals surface area contributed by atoms with Crippen molar-refractivity contribution >= 4 is 0 Å². The highest BCUT2D eigenvalue weighted by Crippen LogP contribution is 2.38. The molecule has 2 heterocycles. The molecule has 4 rings (SSSR count). The molecule has 1 aromatic carbocycles. The summed E-state index contributed by atoms with van der Waals surface area (Å²) in [7, 11) is 0. The maximum Gasteiger partial charge on any atom is 0.137 e. The Morgan fingerprint density at radius 3 is 2.61 bits per heavy atom. The minimum absolute atomic E-state index is 0.114. The first kappa shape index (κ1) is 14.8. The fraction of sp³-hybridized carbons (Fsp3) is 0.556. The molecule has 0 bridgehead atoms. The molecule has 5 heteroatoms. The number of hydrogen-bond acceptors (Lipinski definition) is 4. The van der Waals surface area contributed by atoms with E-state index in [4.69, 9.17) is 5.11 Å². The lowest BCUT2D eigenvalue weighted by atomic mass is 9.96. The first-order chi connectivity index (χ1) is 11.3. The lowest BCUT2D eigenvalue weighted by Crippen LogP contribution is -2.34. The maximum absolute atomic E-state index is 9.14. The Bertz CT molecular complexity index is 647. The van der Waals surface area contributed by atoms with Crippen LogP contribution >= 0.6 is 0 Å². The van der Waals surface area contributed by atoms with Crippen LogP contribution in [0, 0.1) is 0 Å². The second-order valence-electron chi connectivity index (χ2n) is 6.88. The Morgan fingerprint density at radius 2 is 1.87 bits per heavy atom. The summed E-state index contributed by atoms with van der Waals surface area (Å²) in [5.41, 5.74) is 2.29. The third-order valence-electron chi connectivity index (χ3n) is 5.02. The van der Waals surface area contributed by atoms with Crippen molar-refractivity contribution in [3.8, 4) is 0 Å². The average molecular weight is 312 g/mol. The number of nitrogens with zero attached hydrogens (tertiary/aromatic N) is 4. The van der Waals surface area contributed by atoms with Crippen molar-refractivity contribution in [2.24, 2.45) is 0 Å². The number of piperidine rings is 1. The predicted molar refractivity (Wildman–Crippen MR) is 87.9 cm³/mol. The van der Waals surface area contributed by atoms with Crippen LogP contribution in [-0.2, 0) is 13.2 Å². The van der Waals surface area contributed by atoms with Crippen LogP contribution < -0.4 is 0 Å². The van der Waals surface area contributed by atoms with E-state index < -0.39 is 0 Å². The molecule has 1 N–H and O–H groups in total. The van der Waals surface area contributed by atoms with E-state index in [1.807, 2.05) is 18.5 Å². The Morgan fingerprint density at radius 1 is 1.09 bits per heavy atom. The third kappa shape index (κ3) is 3.31. The van der Waals surface area contributed by atoms with E-state index in [0.717, 1.165) is 25.2 Å². The molecule has 2 aromatic rings. The van der Waals surface area contributed by atoms with Gasteiger partial charge in [0.2, 0.25) is 0 Å². The zero-order valence-corrected chi connectivity index (χ0v) is 13.4. The van der Waals surface area contributed by atoms with Crippen LogP contribution in [0.15, 0.2) is 30.6 Å². The van der Waals surface area contributed by atoms with Crippen molar-refractivity contribution in [3.63, 3.8) is 0 Å². The molecule has 0 radical (unpaired) electrons. The molecular weight excluding hydrogens is 288 g/mol. The van der Waals surface area contributed by atoms with Gasteiger partial charge in [0.25, 0.3) is 0 Å². The highest BCUT2D eigenvalue weighted by Gasteiger charge is 2.31. The largest absolute Gasteiger partial charge is 0.392 e. The number of benzene rings is 1. The van der Waals surface area contributed by atoms with Crippen LogP contribution in [0.25, 0.3) is 0 Å². The van der Waals surface area contributed by atoms with Crippen molar-refractivity contribution in [2.45, 2.75) is 50.8 Å². The normalized spacial score (nSPS) is 22.4. The summed E-state index contributed by atoms with van der Waals surface area (Å²) >= 11 is 0. The third-order valence-corrected chi connectivity index (χ3v) is 5.02. The van der Waals surface area contributed by atoms with Gasteiger partial charge in [-0.25, -0.2) is 0 Å². The zero-order valence-electron chi connectivity index (χ0n) is 13.4. The van der Waals surface area contributed by atoms with Gasteiger partial charge >= 0.3 is 0 Å². The van der Waals surface area contributed by atoms with E-state index in [1.54, 1.807) is 0 Å². The maximum atomic E-state index is 9.14. The lowest BCUT2D eigenvalue weighted by Gasteiger charge is -2.32. The first-order valence-corrected chi connectivity index (χ1v) is 8.64. The lowest BCUT2D eigenvalue weighted by molar-refractivity contribution is 0.194. The Labute approximate surface area is 137 Å². The number of hydrogen-bond donors (Lipinski definition) is 1.